The summed E-state index contributed by atoms with van der Waals surface area (Å²) < 4.78 is 5.49. The number of piperazine rings is 1. The van der Waals surface area contributed by atoms with E-state index in [1.807, 2.05) is 44.2 Å². The molecule has 0 aromatic heterocycles. The second kappa shape index (κ2) is 9.23. The number of hydrogen-bond donors (Lipinski definition) is 1. The Labute approximate surface area is 170 Å². The summed E-state index contributed by atoms with van der Waals surface area (Å²) in [6.07, 6.45) is 0. The van der Waals surface area contributed by atoms with Gasteiger partial charge in [0.2, 0.25) is 5.91 Å². The highest BCUT2D eigenvalue weighted by Crippen LogP contribution is 2.23. The molecule has 3 rings (SSSR count). The summed E-state index contributed by atoms with van der Waals surface area (Å²) in [6, 6.07) is 14.9. The van der Waals surface area contributed by atoms with Gasteiger partial charge in [-0.25, -0.2) is 0 Å². The SMILES string of the molecule is CCOc1ccccc1NC(=O)CN1CCN(Cc2ccc(C)cc2)C(=O)C1=O. The van der Waals surface area contributed by atoms with Crippen LogP contribution >= 0.6 is 0 Å². The molecule has 0 radical (unpaired) electrons. The Hall–Kier alpha value is -3.35. The van der Waals surface area contributed by atoms with Crippen molar-refractivity contribution >= 4 is 23.4 Å². The molecule has 3 amide bonds. The van der Waals surface area contributed by atoms with Crippen LogP contribution in [-0.4, -0.2) is 53.8 Å². The third-order valence-electron chi connectivity index (χ3n) is 4.69. The predicted octanol–water partition coefficient (Wildman–Crippen LogP) is 2.20. The van der Waals surface area contributed by atoms with Gasteiger partial charge in [0.15, 0.2) is 0 Å². The lowest BCUT2D eigenvalue weighted by atomic mass is 10.1. The zero-order valence-electron chi connectivity index (χ0n) is 16.7. The number of benzene rings is 2. The number of carbonyl (C=O) groups excluding carboxylic acids is 3. The van der Waals surface area contributed by atoms with Crippen molar-refractivity contribution in [1.29, 1.82) is 0 Å². The number of nitrogens with one attached hydrogen (secondary N) is 1. The number of para-hydroxylation sites is 2. The van der Waals surface area contributed by atoms with Gasteiger partial charge in [-0.05, 0) is 31.5 Å². The minimum Gasteiger partial charge on any atom is -0.492 e. The molecular formula is C22H25N3O4. The summed E-state index contributed by atoms with van der Waals surface area (Å²) in [7, 11) is 0. The normalized spacial score (nSPS) is 14.1. The monoisotopic (exact) mass is 395 g/mol. The maximum Gasteiger partial charge on any atom is 0.312 e. The molecule has 7 nitrogen and oxygen atoms in total. The molecule has 29 heavy (non-hydrogen) atoms. The molecule has 0 spiro atoms. The number of anilines is 1. The van der Waals surface area contributed by atoms with Gasteiger partial charge in [0.1, 0.15) is 12.3 Å². The van der Waals surface area contributed by atoms with Crippen molar-refractivity contribution in [3.63, 3.8) is 0 Å². The summed E-state index contributed by atoms with van der Waals surface area (Å²) in [5.41, 5.74) is 2.64. The highest BCUT2D eigenvalue weighted by atomic mass is 16.5. The average molecular weight is 395 g/mol. The van der Waals surface area contributed by atoms with Crippen LogP contribution in [0.1, 0.15) is 18.1 Å². The average Bonchev–Trinajstić information content (AvgIpc) is 2.71. The van der Waals surface area contributed by atoms with Gasteiger partial charge in [-0.2, -0.15) is 0 Å². The third kappa shape index (κ3) is 5.13. The minimum absolute atomic E-state index is 0.177. The van der Waals surface area contributed by atoms with Gasteiger partial charge in [0.05, 0.1) is 12.3 Å². The fraction of sp³-hybridized carbons (Fsp3) is 0.318. The maximum absolute atomic E-state index is 12.5. The van der Waals surface area contributed by atoms with E-state index >= 15 is 0 Å². The van der Waals surface area contributed by atoms with E-state index in [9.17, 15) is 14.4 Å². The Morgan fingerprint density at radius 1 is 1.00 bits per heavy atom. The van der Waals surface area contributed by atoms with Crippen LogP contribution in [0.3, 0.4) is 0 Å². The fourth-order valence-electron chi connectivity index (χ4n) is 3.14. The topological polar surface area (TPSA) is 79.0 Å². The van der Waals surface area contributed by atoms with Crippen LogP contribution in [0.15, 0.2) is 48.5 Å². The molecule has 0 saturated carbocycles. The van der Waals surface area contributed by atoms with Gasteiger partial charge in [0, 0.05) is 19.6 Å². The second-order valence-electron chi connectivity index (χ2n) is 6.92. The molecular weight excluding hydrogens is 370 g/mol. The number of rotatable bonds is 7. The van der Waals surface area contributed by atoms with Crippen LogP contribution in [0.4, 0.5) is 5.69 Å². The zero-order valence-corrected chi connectivity index (χ0v) is 16.7. The van der Waals surface area contributed by atoms with E-state index in [4.69, 9.17) is 4.74 Å². The van der Waals surface area contributed by atoms with Crippen molar-refractivity contribution < 1.29 is 19.1 Å². The Balaban J connectivity index is 1.58. The van der Waals surface area contributed by atoms with Crippen molar-refractivity contribution in [2.75, 3.05) is 31.6 Å². The Kier molecular flexibility index (Phi) is 6.49. The van der Waals surface area contributed by atoms with Crippen LogP contribution in [0.2, 0.25) is 0 Å². The smallest absolute Gasteiger partial charge is 0.312 e. The van der Waals surface area contributed by atoms with Crippen LogP contribution in [0.25, 0.3) is 0 Å². The largest absolute Gasteiger partial charge is 0.492 e. The molecule has 7 heteroatoms. The number of ether oxygens (including phenoxy) is 1. The molecule has 1 fully saturated rings. The fourth-order valence-corrected chi connectivity index (χ4v) is 3.14. The van der Waals surface area contributed by atoms with E-state index in [0.29, 0.717) is 37.7 Å². The summed E-state index contributed by atoms with van der Waals surface area (Å²) in [5.74, 6) is -1.05. The summed E-state index contributed by atoms with van der Waals surface area (Å²) in [5, 5.41) is 2.75. The molecule has 1 heterocycles. The Morgan fingerprint density at radius 3 is 2.38 bits per heavy atom. The number of nitrogens with zero attached hydrogens (tertiary/aromatic N) is 2. The van der Waals surface area contributed by atoms with E-state index < -0.39 is 11.8 Å². The molecule has 0 unspecified atom stereocenters. The lowest BCUT2D eigenvalue weighted by Gasteiger charge is -2.33. The van der Waals surface area contributed by atoms with Crippen molar-refractivity contribution in [1.82, 2.24) is 9.80 Å². The van der Waals surface area contributed by atoms with Gasteiger partial charge in [-0.1, -0.05) is 42.0 Å². The van der Waals surface area contributed by atoms with E-state index in [0.717, 1.165) is 11.1 Å². The summed E-state index contributed by atoms with van der Waals surface area (Å²) in [4.78, 5) is 40.1. The molecule has 2 aromatic rings. The second-order valence-corrected chi connectivity index (χ2v) is 6.92. The molecule has 2 aromatic carbocycles. The van der Waals surface area contributed by atoms with Gasteiger partial charge >= 0.3 is 11.8 Å². The number of carbonyl (C=O) groups is 3. The first-order valence-electron chi connectivity index (χ1n) is 9.63. The van der Waals surface area contributed by atoms with Crippen molar-refractivity contribution in [3.8, 4) is 5.75 Å². The Bertz CT molecular complexity index is 895. The first-order valence-corrected chi connectivity index (χ1v) is 9.63. The van der Waals surface area contributed by atoms with Crippen molar-refractivity contribution in [2.45, 2.75) is 20.4 Å². The summed E-state index contributed by atoms with van der Waals surface area (Å²) in [6.45, 7) is 5.24. The molecule has 1 aliphatic rings. The molecule has 1 N–H and O–H groups in total. The van der Waals surface area contributed by atoms with Crippen molar-refractivity contribution in [3.05, 3.63) is 59.7 Å². The van der Waals surface area contributed by atoms with Gasteiger partial charge in [0.25, 0.3) is 0 Å². The lowest BCUT2D eigenvalue weighted by Crippen LogP contribution is -2.55. The summed E-state index contributed by atoms with van der Waals surface area (Å²) >= 11 is 0. The van der Waals surface area contributed by atoms with Crippen LogP contribution in [-0.2, 0) is 20.9 Å². The molecule has 1 aliphatic heterocycles. The number of aryl methyl sites for hydroxylation is 1. The standard InChI is InChI=1S/C22H25N3O4/c1-3-29-19-7-5-4-6-18(19)23-20(26)15-25-13-12-24(21(27)22(25)28)14-17-10-8-16(2)9-11-17/h4-11H,3,12-15H2,1-2H3,(H,23,26). The predicted molar refractivity (Wildman–Crippen MR) is 109 cm³/mol. The first-order chi connectivity index (χ1) is 14.0. The zero-order chi connectivity index (χ0) is 20.8. The van der Waals surface area contributed by atoms with Gasteiger partial charge in [-0.15, -0.1) is 0 Å². The van der Waals surface area contributed by atoms with Crippen LogP contribution in [0, 0.1) is 6.92 Å². The van der Waals surface area contributed by atoms with E-state index in [2.05, 4.69) is 5.32 Å². The highest BCUT2D eigenvalue weighted by Gasteiger charge is 2.33. The van der Waals surface area contributed by atoms with E-state index in [1.54, 1.807) is 18.2 Å². The lowest BCUT2D eigenvalue weighted by molar-refractivity contribution is -0.157. The van der Waals surface area contributed by atoms with Crippen molar-refractivity contribution in [2.24, 2.45) is 0 Å². The number of amides is 3. The molecule has 0 bridgehead atoms. The minimum atomic E-state index is -0.656. The quantitative estimate of drug-likeness (QED) is 0.729. The molecule has 152 valence electrons. The first kappa shape index (κ1) is 20.4. The molecule has 1 saturated heterocycles. The number of hydrogen-bond acceptors (Lipinski definition) is 4. The highest BCUT2D eigenvalue weighted by molar-refractivity contribution is 6.35. The van der Waals surface area contributed by atoms with Gasteiger partial charge in [-0.3, -0.25) is 14.4 Å². The molecule has 0 aliphatic carbocycles. The van der Waals surface area contributed by atoms with Crippen LogP contribution < -0.4 is 10.1 Å². The van der Waals surface area contributed by atoms with Gasteiger partial charge < -0.3 is 19.9 Å². The molecule has 0 atom stereocenters. The van der Waals surface area contributed by atoms with Crippen LogP contribution in [0.5, 0.6) is 5.75 Å². The maximum atomic E-state index is 12.5. The van der Waals surface area contributed by atoms with E-state index in [-0.39, 0.29) is 12.5 Å². The third-order valence-corrected chi connectivity index (χ3v) is 4.69. The van der Waals surface area contributed by atoms with E-state index in [1.165, 1.54) is 9.80 Å². The Morgan fingerprint density at radius 2 is 1.66 bits per heavy atom.